The normalized spacial score (nSPS) is 12.2. The highest BCUT2D eigenvalue weighted by Gasteiger charge is 2.13. The zero-order valence-electron chi connectivity index (χ0n) is 13.8. The molecule has 25 heavy (non-hydrogen) atoms. The summed E-state index contributed by atoms with van der Waals surface area (Å²) in [7, 11) is -1.81. The number of sulfonamides is 1. The molecule has 0 aliphatic carbocycles. The molecule has 0 amide bonds. The predicted molar refractivity (Wildman–Crippen MR) is 99.0 cm³/mol. The summed E-state index contributed by atoms with van der Waals surface area (Å²) in [6.45, 7) is 1.22. The monoisotopic (exact) mass is 384 g/mol. The fraction of sp³-hybridized carbons (Fsp3) is 0.312. The van der Waals surface area contributed by atoms with Gasteiger partial charge >= 0.3 is 0 Å². The molecule has 0 aliphatic rings. The molecule has 0 fully saturated rings. The third kappa shape index (κ3) is 6.45. The molecule has 0 radical (unpaired) electrons. The molecule has 1 heterocycles. The lowest BCUT2D eigenvalue weighted by Gasteiger charge is -2.12. The Kier molecular flexibility index (Phi) is 7.35. The molecule has 6 nitrogen and oxygen atoms in total. The lowest BCUT2D eigenvalue weighted by Crippen LogP contribution is -2.42. The molecule has 0 spiro atoms. The van der Waals surface area contributed by atoms with Gasteiger partial charge in [-0.1, -0.05) is 18.2 Å². The van der Waals surface area contributed by atoms with E-state index in [-0.39, 0.29) is 12.4 Å². The number of nitrogens with zero attached hydrogens (tertiary/aromatic N) is 1. The largest absolute Gasteiger partial charge is 0.356 e. The minimum absolute atomic E-state index is 0.241. The van der Waals surface area contributed by atoms with Gasteiger partial charge in [-0.15, -0.1) is 11.3 Å². The first-order valence-corrected chi connectivity index (χ1v) is 10.1. The number of rotatable bonds is 8. The number of nitrogens with one attached hydrogen (secondary N) is 3. The molecule has 0 saturated heterocycles. The number of hydrogen-bond acceptors (Lipinski definition) is 4. The summed E-state index contributed by atoms with van der Waals surface area (Å²) in [5.41, 5.74) is 0.895. The third-order valence-corrected chi connectivity index (χ3v) is 6.15. The fourth-order valence-electron chi connectivity index (χ4n) is 2.09. The van der Waals surface area contributed by atoms with E-state index in [2.05, 4.69) is 20.3 Å². The first kappa shape index (κ1) is 19.4. The Labute approximate surface area is 151 Å². The highest BCUT2D eigenvalue weighted by Crippen LogP contribution is 2.14. The van der Waals surface area contributed by atoms with E-state index >= 15 is 0 Å². The van der Waals surface area contributed by atoms with Crippen LogP contribution in [0.4, 0.5) is 4.39 Å². The van der Waals surface area contributed by atoms with Gasteiger partial charge in [-0.2, -0.15) is 0 Å². The van der Waals surface area contributed by atoms with Crippen LogP contribution in [0.2, 0.25) is 0 Å². The minimum atomic E-state index is -3.45. The highest BCUT2D eigenvalue weighted by atomic mass is 32.2. The van der Waals surface area contributed by atoms with E-state index in [1.54, 1.807) is 30.6 Å². The maximum absolute atomic E-state index is 13.1. The molecule has 9 heteroatoms. The van der Waals surface area contributed by atoms with E-state index in [4.69, 9.17) is 0 Å². The van der Waals surface area contributed by atoms with Crippen molar-refractivity contribution in [3.05, 3.63) is 53.2 Å². The second-order valence-electron chi connectivity index (χ2n) is 5.14. The van der Waals surface area contributed by atoms with Gasteiger partial charge in [0, 0.05) is 26.7 Å². The zero-order valence-corrected chi connectivity index (χ0v) is 15.5. The quantitative estimate of drug-likeness (QED) is 0.367. The molecule has 0 bridgehead atoms. The van der Waals surface area contributed by atoms with Crippen molar-refractivity contribution in [3.8, 4) is 0 Å². The van der Waals surface area contributed by atoms with Gasteiger partial charge in [0.1, 0.15) is 10.0 Å². The number of benzene rings is 1. The van der Waals surface area contributed by atoms with Gasteiger partial charge in [-0.05, 0) is 35.6 Å². The second-order valence-corrected chi connectivity index (χ2v) is 8.08. The predicted octanol–water partition coefficient (Wildman–Crippen LogP) is 1.57. The fourth-order valence-corrected chi connectivity index (χ4v) is 4.16. The van der Waals surface area contributed by atoms with E-state index in [9.17, 15) is 12.8 Å². The van der Waals surface area contributed by atoms with Crippen molar-refractivity contribution < 1.29 is 12.8 Å². The van der Waals surface area contributed by atoms with E-state index in [0.29, 0.717) is 29.7 Å². The molecular weight excluding hydrogens is 363 g/mol. The lowest BCUT2D eigenvalue weighted by atomic mass is 10.1. The van der Waals surface area contributed by atoms with Gasteiger partial charge in [0.05, 0.1) is 0 Å². The number of thiophene rings is 1. The van der Waals surface area contributed by atoms with Crippen LogP contribution >= 0.6 is 11.3 Å². The topological polar surface area (TPSA) is 82.6 Å². The van der Waals surface area contributed by atoms with Crippen LogP contribution in [0.15, 0.2) is 51.0 Å². The van der Waals surface area contributed by atoms with Crippen molar-refractivity contribution in [3.63, 3.8) is 0 Å². The third-order valence-electron chi connectivity index (χ3n) is 3.29. The Morgan fingerprint density at radius 3 is 2.64 bits per heavy atom. The maximum atomic E-state index is 13.1. The van der Waals surface area contributed by atoms with Gasteiger partial charge in [-0.3, -0.25) is 4.99 Å². The average molecular weight is 385 g/mol. The number of aliphatic imine (C=N–C) groups is 1. The second kappa shape index (κ2) is 9.50. The minimum Gasteiger partial charge on any atom is -0.356 e. The SMILES string of the molecule is CN=C(NCCNS(=O)(=O)c1cccs1)NCCc1cccc(F)c1. The molecule has 3 N–H and O–H groups in total. The summed E-state index contributed by atoms with van der Waals surface area (Å²) >= 11 is 1.18. The molecule has 0 unspecified atom stereocenters. The number of halogens is 1. The molecule has 1 aromatic heterocycles. The first-order chi connectivity index (χ1) is 12.0. The summed E-state index contributed by atoms with van der Waals surface area (Å²) in [5.74, 6) is 0.310. The number of guanidine groups is 1. The van der Waals surface area contributed by atoms with E-state index in [1.165, 1.54) is 23.5 Å². The number of hydrogen-bond donors (Lipinski definition) is 3. The van der Waals surface area contributed by atoms with Gasteiger partial charge in [0.15, 0.2) is 5.96 Å². The molecule has 2 aromatic rings. The van der Waals surface area contributed by atoms with Crippen LogP contribution in [0.5, 0.6) is 0 Å². The van der Waals surface area contributed by atoms with E-state index in [1.807, 2.05) is 6.07 Å². The summed E-state index contributed by atoms with van der Waals surface area (Å²) in [5, 5.41) is 7.85. The van der Waals surface area contributed by atoms with Crippen LogP contribution in [-0.4, -0.2) is 41.1 Å². The van der Waals surface area contributed by atoms with E-state index in [0.717, 1.165) is 5.56 Å². The Morgan fingerprint density at radius 1 is 1.16 bits per heavy atom. The van der Waals surface area contributed by atoms with Gasteiger partial charge < -0.3 is 10.6 Å². The Bertz CT molecular complexity index is 792. The maximum Gasteiger partial charge on any atom is 0.250 e. The van der Waals surface area contributed by atoms with Crippen molar-refractivity contribution in [1.82, 2.24) is 15.4 Å². The standard InChI is InChI=1S/C16H21FN4O2S2/c1-18-16(19-8-7-13-4-2-5-14(17)12-13)20-9-10-21-25(22,23)15-6-3-11-24-15/h2-6,11-12,21H,7-10H2,1H3,(H2,18,19,20). The molecular formula is C16H21FN4O2S2. The Hall–Kier alpha value is -1.97. The Morgan fingerprint density at radius 2 is 1.96 bits per heavy atom. The van der Waals surface area contributed by atoms with Crippen LogP contribution < -0.4 is 15.4 Å². The van der Waals surface area contributed by atoms with Crippen LogP contribution in [0, 0.1) is 5.82 Å². The highest BCUT2D eigenvalue weighted by molar-refractivity contribution is 7.91. The van der Waals surface area contributed by atoms with Crippen molar-refractivity contribution in [2.45, 2.75) is 10.6 Å². The molecule has 0 saturated carbocycles. The molecule has 1 aromatic carbocycles. The Balaban J connectivity index is 1.68. The summed E-state index contributed by atoms with van der Waals surface area (Å²) in [4.78, 5) is 4.07. The lowest BCUT2D eigenvalue weighted by molar-refractivity contribution is 0.582. The van der Waals surface area contributed by atoms with Gasteiger partial charge in [0.25, 0.3) is 0 Å². The summed E-state index contributed by atoms with van der Waals surface area (Å²) in [6.07, 6.45) is 0.656. The average Bonchev–Trinajstić information content (AvgIpc) is 3.12. The van der Waals surface area contributed by atoms with Crippen LogP contribution in [0.25, 0.3) is 0 Å². The zero-order chi connectivity index (χ0) is 18.1. The molecule has 0 aliphatic heterocycles. The van der Waals surface area contributed by atoms with Crippen LogP contribution in [0.3, 0.4) is 0 Å². The van der Waals surface area contributed by atoms with E-state index < -0.39 is 10.0 Å². The van der Waals surface area contributed by atoms with Gasteiger partial charge in [-0.25, -0.2) is 17.5 Å². The van der Waals surface area contributed by atoms with Crippen LogP contribution in [-0.2, 0) is 16.4 Å². The van der Waals surface area contributed by atoms with Crippen molar-refractivity contribution in [2.75, 3.05) is 26.7 Å². The van der Waals surface area contributed by atoms with Crippen molar-refractivity contribution in [2.24, 2.45) is 4.99 Å². The molecule has 136 valence electrons. The summed E-state index contributed by atoms with van der Waals surface area (Å²) in [6, 6.07) is 9.71. The smallest absolute Gasteiger partial charge is 0.250 e. The summed E-state index contributed by atoms with van der Waals surface area (Å²) < 4.78 is 39.9. The molecule has 0 atom stereocenters. The van der Waals surface area contributed by atoms with Gasteiger partial charge in [0.2, 0.25) is 10.0 Å². The van der Waals surface area contributed by atoms with Crippen molar-refractivity contribution >= 4 is 27.3 Å². The van der Waals surface area contributed by atoms with Crippen LogP contribution in [0.1, 0.15) is 5.56 Å². The molecule has 2 rings (SSSR count). The first-order valence-electron chi connectivity index (χ1n) is 7.73. The van der Waals surface area contributed by atoms with Crippen molar-refractivity contribution in [1.29, 1.82) is 0 Å².